The van der Waals surface area contributed by atoms with Gasteiger partial charge in [-0.3, -0.25) is 4.79 Å². The zero-order chi connectivity index (χ0) is 10.3. The Hall–Kier alpha value is -0.610. The van der Waals surface area contributed by atoms with E-state index in [-0.39, 0.29) is 12.0 Å². The van der Waals surface area contributed by atoms with Gasteiger partial charge in [0.2, 0.25) is 5.91 Å². The molecule has 0 aliphatic carbocycles. The molecule has 0 spiro atoms. The fourth-order valence-electron chi connectivity index (χ4n) is 0.832. The van der Waals surface area contributed by atoms with Gasteiger partial charge < -0.3 is 15.3 Å². The maximum atomic E-state index is 11.1. The summed E-state index contributed by atoms with van der Waals surface area (Å²) < 4.78 is 0. The van der Waals surface area contributed by atoms with E-state index in [0.717, 1.165) is 6.42 Å². The van der Waals surface area contributed by atoms with Gasteiger partial charge >= 0.3 is 0 Å². The fourth-order valence-corrected chi connectivity index (χ4v) is 0.832. The van der Waals surface area contributed by atoms with E-state index in [1.807, 2.05) is 6.92 Å². The molecule has 2 N–H and O–H groups in total. The molecule has 0 fully saturated rings. The molecule has 4 nitrogen and oxygen atoms in total. The number of aliphatic hydroxyl groups is 1. The first kappa shape index (κ1) is 12.4. The summed E-state index contributed by atoms with van der Waals surface area (Å²) in [5.41, 5.74) is 0. The van der Waals surface area contributed by atoms with Gasteiger partial charge in [0.15, 0.2) is 0 Å². The van der Waals surface area contributed by atoms with Crippen LogP contribution in [0.4, 0.5) is 0 Å². The molecule has 0 saturated carbocycles. The molecular weight excluding hydrogens is 168 g/mol. The molecule has 78 valence electrons. The summed E-state index contributed by atoms with van der Waals surface area (Å²) in [6.45, 7) is 3.13. The summed E-state index contributed by atoms with van der Waals surface area (Å²) in [4.78, 5) is 12.6. The number of amides is 1. The molecule has 1 atom stereocenters. The highest BCUT2D eigenvalue weighted by Crippen LogP contribution is 1.88. The van der Waals surface area contributed by atoms with E-state index in [0.29, 0.717) is 19.5 Å². The summed E-state index contributed by atoms with van der Waals surface area (Å²) in [5.74, 6) is 0.110. The van der Waals surface area contributed by atoms with Gasteiger partial charge in [0.25, 0.3) is 0 Å². The van der Waals surface area contributed by atoms with Crippen molar-refractivity contribution in [2.45, 2.75) is 25.9 Å². The predicted octanol–water partition coefficient (Wildman–Crippen LogP) is -0.175. The third-order valence-corrected chi connectivity index (χ3v) is 1.87. The maximum absolute atomic E-state index is 11.1. The van der Waals surface area contributed by atoms with Crippen LogP contribution >= 0.6 is 0 Å². The molecular formula is C9H20N2O2. The van der Waals surface area contributed by atoms with E-state index in [9.17, 15) is 9.90 Å². The summed E-state index contributed by atoms with van der Waals surface area (Å²) in [5, 5.41) is 12.2. The van der Waals surface area contributed by atoms with Crippen LogP contribution in [-0.4, -0.2) is 49.2 Å². The number of rotatable bonds is 6. The molecule has 0 radical (unpaired) electrons. The first-order valence-electron chi connectivity index (χ1n) is 4.66. The number of hydrogen-bond donors (Lipinski definition) is 2. The van der Waals surface area contributed by atoms with Gasteiger partial charge in [0.1, 0.15) is 0 Å². The molecule has 0 aromatic rings. The highest BCUT2D eigenvalue weighted by molar-refractivity contribution is 5.75. The van der Waals surface area contributed by atoms with Crippen molar-refractivity contribution in [3.8, 4) is 0 Å². The number of carbonyl (C=O) groups excluding carboxylic acids is 1. The summed E-state index contributed by atoms with van der Waals surface area (Å²) in [6, 6.07) is 0. The molecule has 0 aliphatic rings. The summed E-state index contributed by atoms with van der Waals surface area (Å²) in [7, 11) is 3.48. The standard InChI is InChI=1S/C9H20N2O2/c1-4-8(12)7-10-6-5-9(13)11(2)3/h8,10,12H,4-7H2,1-3H3. The SMILES string of the molecule is CCC(O)CNCCC(=O)N(C)C. The molecule has 0 aliphatic heterocycles. The molecule has 0 rings (SSSR count). The molecule has 0 bridgehead atoms. The van der Waals surface area contributed by atoms with Crippen LogP contribution in [0, 0.1) is 0 Å². The van der Waals surface area contributed by atoms with Crippen molar-refractivity contribution < 1.29 is 9.90 Å². The molecule has 13 heavy (non-hydrogen) atoms. The Morgan fingerprint density at radius 2 is 2.15 bits per heavy atom. The van der Waals surface area contributed by atoms with Crippen LogP contribution in [0.2, 0.25) is 0 Å². The van der Waals surface area contributed by atoms with Crippen molar-refractivity contribution in [1.29, 1.82) is 0 Å². The molecule has 1 amide bonds. The van der Waals surface area contributed by atoms with Crippen molar-refractivity contribution in [3.05, 3.63) is 0 Å². The maximum Gasteiger partial charge on any atom is 0.223 e. The number of carbonyl (C=O) groups is 1. The third kappa shape index (κ3) is 6.54. The second-order valence-electron chi connectivity index (χ2n) is 3.30. The van der Waals surface area contributed by atoms with E-state index in [1.165, 1.54) is 0 Å². The van der Waals surface area contributed by atoms with Crippen molar-refractivity contribution in [1.82, 2.24) is 10.2 Å². The number of nitrogens with zero attached hydrogens (tertiary/aromatic N) is 1. The van der Waals surface area contributed by atoms with Crippen LogP contribution < -0.4 is 5.32 Å². The smallest absolute Gasteiger partial charge is 0.223 e. The Bertz CT molecular complexity index is 149. The van der Waals surface area contributed by atoms with Gasteiger partial charge in [-0.15, -0.1) is 0 Å². The summed E-state index contributed by atoms with van der Waals surface area (Å²) in [6.07, 6.45) is 0.937. The lowest BCUT2D eigenvalue weighted by Crippen LogP contribution is -2.31. The monoisotopic (exact) mass is 188 g/mol. The van der Waals surface area contributed by atoms with E-state index in [1.54, 1.807) is 19.0 Å². The van der Waals surface area contributed by atoms with Gasteiger partial charge in [-0.25, -0.2) is 0 Å². The van der Waals surface area contributed by atoms with E-state index >= 15 is 0 Å². The van der Waals surface area contributed by atoms with Gasteiger partial charge in [-0.05, 0) is 6.42 Å². The van der Waals surface area contributed by atoms with Crippen molar-refractivity contribution in [2.24, 2.45) is 0 Å². The van der Waals surface area contributed by atoms with Gasteiger partial charge in [0, 0.05) is 33.6 Å². The molecule has 0 saturated heterocycles. The largest absolute Gasteiger partial charge is 0.392 e. The predicted molar refractivity (Wildman–Crippen MR) is 52.5 cm³/mol. The van der Waals surface area contributed by atoms with Crippen molar-refractivity contribution in [2.75, 3.05) is 27.2 Å². The Kier molecular flexibility index (Phi) is 6.54. The van der Waals surface area contributed by atoms with Crippen LogP contribution in [0.3, 0.4) is 0 Å². The van der Waals surface area contributed by atoms with Crippen LogP contribution in [0.25, 0.3) is 0 Å². The minimum absolute atomic E-state index is 0.110. The van der Waals surface area contributed by atoms with Crippen LogP contribution in [0.1, 0.15) is 19.8 Å². The molecule has 0 aromatic carbocycles. The fraction of sp³-hybridized carbons (Fsp3) is 0.889. The number of nitrogens with one attached hydrogen (secondary N) is 1. The second kappa shape index (κ2) is 6.86. The topological polar surface area (TPSA) is 52.6 Å². The molecule has 1 unspecified atom stereocenters. The van der Waals surface area contributed by atoms with E-state index in [4.69, 9.17) is 0 Å². The van der Waals surface area contributed by atoms with Crippen LogP contribution in [0.15, 0.2) is 0 Å². The van der Waals surface area contributed by atoms with E-state index in [2.05, 4.69) is 5.32 Å². The highest BCUT2D eigenvalue weighted by Gasteiger charge is 2.03. The first-order chi connectivity index (χ1) is 6.07. The Balaban J connectivity index is 3.31. The number of hydrogen-bond acceptors (Lipinski definition) is 3. The quantitative estimate of drug-likeness (QED) is 0.569. The number of aliphatic hydroxyl groups excluding tert-OH is 1. The lowest BCUT2D eigenvalue weighted by molar-refractivity contribution is -0.128. The van der Waals surface area contributed by atoms with Crippen molar-refractivity contribution in [3.63, 3.8) is 0 Å². The van der Waals surface area contributed by atoms with Crippen LogP contribution in [-0.2, 0) is 4.79 Å². The van der Waals surface area contributed by atoms with Gasteiger partial charge in [-0.1, -0.05) is 6.92 Å². The second-order valence-corrected chi connectivity index (χ2v) is 3.30. The van der Waals surface area contributed by atoms with Crippen LogP contribution in [0.5, 0.6) is 0 Å². The van der Waals surface area contributed by atoms with Gasteiger partial charge in [-0.2, -0.15) is 0 Å². The zero-order valence-electron chi connectivity index (χ0n) is 8.71. The molecule has 4 heteroatoms. The lowest BCUT2D eigenvalue weighted by Gasteiger charge is -2.11. The first-order valence-corrected chi connectivity index (χ1v) is 4.66. The third-order valence-electron chi connectivity index (χ3n) is 1.87. The van der Waals surface area contributed by atoms with Gasteiger partial charge in [0.05, 0.1) is 6.10 Å². The average Bonchev–Trinajstić information content (AvgIpc) is 2.11. The van der Waals surface area contributed by atoms with Crippen molar-refractivity contribution >= 4 is 5.91 Å². The summed E-state index contributed by atoms with van der Waals surface area (Å²) >= 11 is 0. The molecule has 0 heterocycles. The van der Waals surface area contributed by atoms with E-state index < -0.39 is 0 Å². The minimum atomic E-state index is -0.297. The normalized spacial score (nSPS) is 12.6. The minimum Gasteiger partial charge on any atom is -0.392 e. The molecule has 0 aromatic heterocycles. The Morgan fingerprint density at radius 3 is 2.62 bits per heavy atom. The zero-order valence-corrected chi connectivity index (χ0v) is 8.71. The Labute approximate surface area is 79.9 Å². The highest BCUT2D eigenvalue weighted by atomic mass is 16.3. The Morgan fingerprint density at radius 1 is 1.54 bits per heavy atom. The average molecular weight is 188 g/mol. The lowest BCUT2D eigenvalue weighted by atomic mass is 10.3.